The summed E-state index contributed by atoms with van der Waals surface area (Å²) in [5, 5.41) is 6.17. The van der Waals surface area contributed by atoms with E-state index in [1.807, 2.05) is 0 Å². The number of halogens is 1. The molecule has 0 aliphatic heterocycles. The first-order valence-electron chi connectivity index (χ1n) is 7.73. The number of anilines is 2. The maximum Gasteiger partial charge on any atom is 0.411 e. The summed E-state index contributed by atoms with van der Waals surface area (Å²) >= 11 is 5.99. The van der Waals surface area contributed by atoms with Crippen LogP contribution in [0.1, 0.15) is 18.7 Å². The summed E-state index contributed by atoms with van der Waals surface area (Å²) in [6.07, 6.45) is 0.942. The molecule has 3 aromatic rings. The minimum absolute atomic E-state index is 0.299. The van der Waals surface area contributed by atoms with Crippen LogP contribution in [0, 0.1) is 0 Å². The molecule has 3 N–H and O–H groups in total. The Morgan fingerprint density at radius 1 is 1.31 bits per heavy atom. The predicted molar refractivity (Wildman–Crippen MR) is 99.7 cm³/mol. The molecule has 0 saturated heterocycles. The van der Waals surface area contributed by atoms with Gasteiger partial charge in [-0.2, -0.15) is 0 Å². The van der Waals surface area contributed by atoms with Gasteiger partial charge in [0.1, 0.15) is 11.5 Å². The fraction of sp³-hybridized carbons (Fsp3) is 0.176. The van der Waals surface area contributed by atoms with Crippen molar-refractivity contribution in [2.24, 2.45) is 0 Å². The Hall–Kier alpha value is -3.13. The van der Waals surface area contributed by atoms with Gasteiger partial charge in [0.2, 0.25) is 0 Å². The van der Waals surface area contributed by atoms with Crippen molar-refractivity contribution in [3.8, 4) is 0 Å². The number of aromatic nitrogens is 3. The van der Waals surface area contributed by atoms with Gasteiger partial charge in [0.15, 0.2) is 0 Å². The molecule has 0 radical (unpaired) electrons. The molecule has 0 bridgehead atoms. The molecule has 8 nitrogen and oxygen atoms in total. The Balaban J connectivity index is 1.86. The average Bonchev–Trinajstić information content (AvgIpc) is 2.61. The average molecular weight is 374 g/mol. The number of methoxy groups -OCH3 is 1. The standard InChI is InChI=1S/C17H16ClN5O3/c1-9(20-14-8-11(5-6-19-14)21-17(25)26-2)15-16(24)23-12-4-3-10(18)7-13(12)22-15/h3-9H,1-2H3,(H,23,24)(H2,19,20,21,25). The van der Waals surface area contributed by atoms with Crippen LogP contribution in [0.15, 0.2) is 41.3 Å². The Labute approximate surface area is 153 Å². The molecule has 2 aromatic heterocycles. The number of benzene rings is 1. The number of pyridine rings is 1. The number of nitrogens with zero attached hydrogens (tertiary/aromatic N) is 2. The first-order valence-corrected chi connectivity index (χ1v) is 8.11. The third-order valence-electron chi connectivity index (χ3n) is 3.65. The van der Waals surface area contributed by atoms with Gasteiger partial charge in [0.25, 0.3) is 5.56 Å². The van der Waals surface area contributed by atoms with Gasteiger partial charge in [-0.3, -0.25) is 10.1 Å². The zero-order chi connectivity index (χ0) is 18.7. The third kappa shape index (κ3) is 3.92. The second kappa shape index (κ2) is 7.40. The summed E-state index contributed by atoms with van der Waals surface area (Å²) in [5.41, 5.74) is 1.71. The van der Waals surface area contributed by atoms with Crippen molar-refractivity contribution >= 4 is 40.2 Å². The molecule has 26 heavy (non-hydrogen) atoms. The first kappa shape index (κ1) is 17.7. The summed E-state index contributed by atoms with van der Waals surface area (Å²) in [6.45, 7) is 1.79. The molecule has 0 spiro atoms. The fourth-order valence-corrected chi connectivity index (χ4v) is 2.58. The largest absolute Gasteiger partial charge is 0.453 e. The molecule has 0 fully saturated rings. The predicted octanol–water partition coefficient (Wildman–Crippen LogP) is 3.32. The summed E-state index contributed by atoms with van der Waals surface area (Å²) in [6, 6.07) is 7.89. The summed E-state index contributed by atoms with van der Waals surface area (Å²) in [4.78, 5) is 35.0. The molecular formula is C17H16ClN5O3. The lowest BCUT2D eigenvalue weighted by Crippen LogP contribution is -2.22. The van der Waals surface area contributed by atoms with Gasteiger partial charge in [-0.15, -0.1) is 0 Å². The highest BCUT2D eigenvalue weighted by Crippen LogP contribution is 2.20. The van der Waals surface area contributed by atoms with Gasteiger partial charge < -0.3 is 15.0 Å². The zero-order valence-corrected chi connectivity index (χ0v) is 14.8. The van der Waals surface area contributed by atoms with Gasteiger partial charge in [0.05, 0.1) is 24.2 Å². The number of amides is 1. The van der Waals surface area contributed by atoms with Crippen molar-refractivity contribution in [3.05, 3.63) is 57.6 Å². The monoisotopic (exact) mass is 373 g/mol. The van der Waals surface area contributed by atoms with Gasteiger partial charge >= 0.3 is 6.09 Å². The van der Waals surface area contributed by atoms with Crippen molar-refractivity contribution in [1.82, 2.24) is 15.0 Å². The molecular weight excluding hydrogens is 358 g/mol. The number of carbonyl (C=O) groups excluding carboxylic acids is 1. The molecule has 134 valence electrons. The number of H-pyrrole nitrogens is 1. The number of rotatable bonds is 4. The van der Waals surface area contributed by atoms with Crippen LogP contribution in [0.25, 0.3) is 11.0 Å². The smallest absolute Gasteiger partial charge is 0.411 e. The number of nitrogens with one attached hydrogen (secondary N) is 3. The fourth-order valence-electron chi connectivity index (χ4n) is 2.41. The third-order valence-corrected chi connectivity index (χ3v) is 3.88. The van der Waals surface area contributed by atoms with Crippen LogP contribution in [0.5, 0.6) is 0 Å². The van der Waals surface area contributed by atoms with E-state index in [1.165, 1.54) is 13.3 Å². The molecule has 3 rings (SSSR count). The van der Waals surface area contributed by atoms with E-state index in [0.29, 0.717) is 33.3 Å². The first-order chi connectivity index (χ1) is 12.5. The quantitative estimate of drug-likeness (QED) is 0.647. The van der Waals surface area contributed by atoms with Crippen molar-refractivity contribution in [1.29, 1.82) is 0 Å². The lowest BCUT2D eigenvalue weighted by atomic mass is 10.2. The maximum absolute atomic E-state index is 12.3. The molecule has 1 aromatic carbocycles. The van der Waals surface area contributed by atoms with Crippen molar-refractivity contribution in [2.75, 3.05) is 17.7 Å². The van der Waals surface area contributed by atoms with Crippen LogP contribution in [0.3, 0.4) is 0 Å². The second-order valence-corrected chi connectivity index (χ2v) is 5.96. The summed E-state index contributed by atoms with van der Waals surface area (Å²) in [7, 11) is 1.28. The molecule has 1 unspecified atom stereocenters. The Bertz CT molecular complexity index is 1020. The molecule has 1 amide bonds. The highest BCUT2D eigenvalue weighted by atomic mass is 35.5. The van der Waals surface area contributed by atoms with E-state index in [9.17, 15) is 9.59 Å². The van der Waals surface area contributed by atoms with Gasteiger partial charge in [0, 0.05) is 23.0 Å². The van der Waals surface area contributed by atoms with E-state index in [4.69, 9.17) is 11.6 Å². The summed E-state index contributed by atoms with van der Waals surface area (Å²) < 4.78 is 4.55. The highest BCUT2D eigenvalue weighted by Gasteiger charge is 2.14. The topological polar surface area (TPSA) is 109 Å². The van der Waals surface area contributed by atoms with Crippen molar-refractivity contribution < 1.29 is 9.53 Å². The van der Waals surface area contributed by atoms with Crippen molar-refractivity contribution in [2.45, 2.75) is 13.0 Å². The lowest BCUT2D eigenvalue weighted by molar-refractivity contribution is 0.187. The molecule has 1 atom stereocenters. The second-order valence-electron chi connectivity index (χ2n) is 5.53. The number of aromatic amines is 1. The maximum atomic E-state index is 12.3. The minimum Gasteiger partial charge on any atom is -0.453 e. The Morgan fingerprint density at radius 3 is 2.88 bits per heavy atom. The van der Waals surface area contributed by atoms with Gasteiger partial charge in [-0.25, -0.2) is 14.8 Å². The van der Waals surface area contributed by atoms with Crippen LogP contribution in [0.4, 0.5) is 16.3 Å². The Morgan fingerprint density at radius 2 is 2.12 bits per heavy atom. The number of fused-ring (bicyclic) bond motifs is 1. The van der Waals surface area contributed by atoms with E-state index in [1.54, 1.807) is 37.3 Å². The van der Waals surface area contributed by atoms with E-state index >= 15 is 0 Å². The van der Waals surface area contributed by atoms with E-state index in [0.717, 1.165) is 0 Å². The molecule has 9 heteroatoms. The molecule has 0 saturated carbocycles. The molecule has 0 aliphatic carbocycles. The SMILES string of the molecule is COC(=O)Nc1ccnc(NC(C)c2nc3cc(Cl)ccc3[nH]c2=O)c1. The van der Waals surface area contributed by atoms with E-state index in [-0.39, 0.29) is 5.56 Å². The lowest BCUT2D eigenvalue weighted by Gasteiger charge is -2.14. The van der Waals surface area contributed by atoms with Crippen LogP contribution in [0.2, 0.25) is 5.02 Å². The highest BCUT2D eigenvalue weighted by molar-refractivity contribution is 6.31. The van der Waals surface area contributed by atoms with Crippen LogP contribution in [-0.2, 0) is 4.74 Å². The summed E-state index contributed by atoms with van der Waals surface area (Å²) in [5.74, 6) is 0.471. The van der Waals surface area contributed by atoms with Gasteiger partial charge in [-0.1, -0.05) is 11.6 Å². The van der Waals surface area contributed by atoms with Crippen LogP contribution >= 0.6 is 11.6 Å². The number of ether oxygens (including phenoxy) is 1. The normalized spacial score (nSPS) is 11.8. The van der Waals surface area contributed by atoms with Gasteiger partial charge in [-0.05, 0) is 31.2 Å². The van der Waals surface area contributed by atoms with Crippen LogP contribution < -0.4 is 16.2 Å². The number of hydrogen-bond donors (Lipinski definition) is 3. The Kier molecular flexibility index (Phi) is 5.04. The molecule has 2 heterocycles. The van der Waals surface area contributed by atoms with E-state index in [2.05, 4.69) is 30.3 Å². The minimum atomic E-state index is -0.584. The number of carbonyl (C=O) groups is 1. The van der Waals surface area contributed by atoms with Crippen molar-refractivity contribution in [3.63, 3.8) is 0 Å². The van der Waals surface area contributed by atoms with Crippen LogP contribution in [-0.4, -0.2) is 28.2 Å². The molecule has 0 aliphatic rings. The zero-order valence-electron chi connectivity index (χ0n) is 14.0. The number of hydrogen-bond acceptors (Lipinski definition) is 6. The van der Waals surface area contributed by atoms with E-state index < -0.39 is 12.1 Å².